The van der Waals surface area contributed by atoms with Gasteiger partial charge in [0.25, 0.3) is 0 Å². The average Bonchev–Trinajstić information content (AvgIpc) is 2.30. The molecule has 0 spiro atoms. The van der Waals surface area contributed by atoms with Crippen LogP contribution in [-0.2, 0) is 6.42 Å². The van der Waals surface area contributed by atoms with Crippen molar-refractivity contribution in [3.63, 3.8) is 0 Å². The second kappa shape index (κ2) is 6.03. The smallest absolute Gasteiger partial charge is 0.127 e. The van der Waals surface area contributed by atoms with Gasteiger partial charge in [-0.05, 0) is 49.8 Å². The van der Waals surface area contributed by atoms with Crippen LogP contribution in [0.4, 0.5) is 4.39 Å². The molecule has 18 heavy (non-hydrogen) atoms. The van der Waals surface area contributed by atoms with E-state index in [1.165, 1.54) is 25.3 Å². The molecule has 1 saturated carbocycles. The quantitative estimate of drug-likeness (QED) is 0.764. The molecule has 100 valence electrons. The number of rotatable bonds is 6. The fourth-order valence-electron chi connectivity index (χ4n) is 2.70. The van der Waals surface area contributed by atoms with Gasteiger partial charge in [0.2, 0.25) is 0 Å². The van der Waals surface area contributed by atoms with Gasteiger partial charge in [-0.1, -0.05) is 31.0 Å². The van der Waals surface area contributed by atoms with Gasteiger partial charge in [-0.3, -0.25) is 0 Å². The molecule has 0 bridgehead atoms. The minimum atomic E-state index is -0.163. The third-order valence-electron chi connectivity index (χ3n) is 3.95. The standard InChI is InChI=1S/C15H21ClFN/c1-2-9-18-11-15(7-4-8-15)10-12-13(16)5-3-6-14(12)17/h3,5-6,18H,2,4,7-11H2,1H3. The van der Waals surface area contributed by atoms with Crippen molar-refractivity contribution in [1.29, 1.82) is 0 Å². The maximum atomic E-state index is 13.8. The Hall–Kier alpha value is -0.600. The molecule has 0 saturated heterocycles. The van der Waals surface area contributed by atoms with Crippen molar-refractivity contribution < 1.29 is 4.39 Å². The Bertz CT molecular complexity index is 381. The molecule has 0 unspecified atom stereocenters. The molecule has 1 fully saturated rings. The van der Waals surface area contributed by atoms with Gasteiger partial charge >= 0.3 is 0 Å². The van der Waals surface area contributed by atoms with Crippen LogP contribution in [0.5, 0.6) is 0 Å². The lowest BCUT2D eigenvalue weighted by atomic mass is 9.65. The van der Waals surface area contributed by atoms with Gasteiger partial charge in [0.1, 0.15) is 5.82 Å². The number of benzene rings is 1. The van der Waals surface area contributed by atoms with E-state index in [9.17, 15) is 4.39 Å². The molecule has 1 aliphatic carbocycles. The van der Waals surface area contributed by atoms with Gasteiger partial charge in [0.05, 0.1) is 0 Å². The van der Waals surface area contributed by atoms with Crippen molar-refractivity contribution in [3.05, 3.63) is 34.6 Å². The molecular weight excluding hydrogens is 249 g/mol. The normalized spacial score (nSPS) is 17.5. The molecule has 0 heterocycles. The van der Waals surface area contributed by atoms with Crippen LogP contribution in [0.25, 0.3) is 0 Å². The van der Waals surface area contributed by atoms with Crippen molar-refractivity contribution in [2.45, 2.75) is 39.0 Å². The van der Waals surface area contributed by atoms with E-state index in [-0.39, 0.29) is 11.2 Å². The summed E-state index contributed by atoms with van der Waals surface area (Å²) in [4.78, 5) is 0. The second-order valence-corrected chi connectivity index (χ2v) is 5.81. The summed E-state index contributed by atoms with van der Waals surface area (Å²) in [5, 5.41) is 4.04. The molecule has 1 aromatic carbocycles. The van der Waals surface area contributed by atoms with Crippen LogP contribution in [0.15, 0.2) is 18.2 Å². The molecule has 0 aliphatic heterocycles. The minimum absolute atomic E-state index is 0.163. The lowest BCUT2D eigenvalue weighted by Crippen LogP contribution is -2.42. The van der Waals surface area contributed by atoms with Crippen LogP contribution in [0.2, 0.25) is 5.02 Å². The zero-order valence-corrected chi connectivity index (χ0v) is 11.7. The van der Waals surface area contributed by atoms with E-state index in [0.717, 1.165) is 25.9 Å². The lowest BCUT2D eigenvalue weighted by Gasteiger charge is -2.42. The summed E-state index contributed by atoms with van der Waals surface area (Å²) in [5.74, 6) is -0.163. The Kier molecular flexibility index (Phi) is 4.63. The first-order chi connectivity index (χ1) is 8.67. The van der Waals surface area contributed by atoms with E-state index in [1.54, 1.807) is 12.1 Å². The molecular formula is C15H21ClFN. The van der Waals surface area contributed by atoms with Gasteiger partial charge in [-0.15, -0.1) is 0 Å². The second-order valence-electron chi connectivity index (χ2n) is 5.41. The molecule has 3 heteroatoms. The first-order valence-corrected chi connectivity index (χ1v) is 7.18. The maximum Gasteiger partial charge on any atom is 0.127 e. The number of halogens is 2. The van der Waals surface area contributed by atoms with E-state index < -0.39 is 0 Å². The van der Waals surface area contributed by atoms with Crippen molar-refractivity contribution in [2.75, 3.05) is 13.1 Å². The third kappa shape index (κ3) is 3.04. The minimum Gasteiger partial charge on any atom is -0.316 e. The van der Waals surface area contributed by atoms with E-state index >= 15 is 0 Å². The Balaban J connectivity index is 2.05. The van der Waals surface area contributed by atoms with Gasteiger partial charge < -0.3 is 5.32 Å². The first-order valence-electron chi connectivity index (χ1n) is 6.80. The monoisotopic (exact) mass is 269 g/mol. The SMILES string of the molecule is CCCNCC1(Cc2c(F)cccc2Cl)CCC1. The predicted octanol–water partition coefficient (Wildman–Crippen LogP) is 4.19. The molecule has 0 amide bonds. The number of hydrogen-bond donors (Lipinski definition) is 1. The highest BCUT2D eigenvalue weighted by Crippen LogP contribution is 2.44. The van der Waals surface area contributed by atoms with E-state index in [4.69, 9.17) is 11.6 Å². The third-order valence-corrected chi connectivity index (χ3v) is 4.31. The largest absolute Gasteiger partial charge is 0.316 e. The highest BCUT2D eigenvalue weighted by Gasteiger charge is 2.37. The number of nitrogens with one attached hydrogen (secondary N) is 1. The molecule has 1 aliphatic rings. The van der Waals surface area contributed by atoms with Crippen LogP contribution in [0.1, 0.15) is 38.2 Å². The van der Waals surface area contributed by atoms with Crippen molar-refractivity contribution >= 4 is 11.6 Å². The summed E-state index contributed by atoms with van der Waals surface area (Å²) >= 11 is 6.12. The van der Waals surface area contributed by atoms with Crippen LogP contribution >= 0.6 is 11.6 Å². The zero-order chi connectivity index (χ0) is 13.0. The van der Waals surface area contributed by atoms with Crippen molar-refractivity contribution in [1.82, 2.24) is 5.32 Å². The summed E-state index contributed by atoms with van der Waals surface area (Å²) in [7, 11) is 0. The Morgan fingerprint density at radius 3 is 2.72 bits per heavy atom. The fourth-order valence-corrected chi connectivity index (χ4v) is 2.93. The van der Waals surface area contributed by atoms with Crippen LogP contribution < -0.4 is 5.32 Å². The molecule has 0 radical (unpaired) electrons. The van der Waals surface area contributed by atoms with Crippen molar-refractivity contribution in [2.24, 2.45) is 5.41 Å². The molecule has 0 atom stereocenters. The number of hydrogen-bond acceptors (Lipinski definition) is 1. The predicted molar refractivity (Wildman–Crippen MR) is 74.6 cm³/mol. The molecule has 0 aromatic heterocycles. The van der Waals surface area contributed by atoms with Crippen LogP contribution in [0.3, 0.4) is 0 Å². The zero-order valence-electron chi connectivity index (χ0n) is 10.9. The fraction of sp³-hybridized carbons (Fsp3) is 0.600. The average molecular weight is 270 g/mol. The van der Waals surface area contributed by atoms with Gasteiger partial charge in [0, 0.05) is 17.1 Å². The molecule has 1 N–H and O–H groups in total. The van der Waals surface area contributed by atoms with E-state index in [2.05, 4.69) is 12.2 Å². The summed E-state index contributed by atoms with van der Waals surface area (Å²) in [5.41, 5.74) is 0.915. The molecule has 1 nitrogen and oxygen atoms in total. The van der Waals surface area contributed by atoms with Crippen molar-refractivity contribution in [3.8, 4) is 0 Å². The summed E-state index contributed by atoms with van der Waals surface area (Å²) < 4.78 is 13.8. The van der Waals surface area contributed by atoms with Gasteiger partial charge in [0.15, 0.2) is 0 Å². The van der Waals surface area contributed by atoms with Crippen LogP contribution in [0, 0.1) is 11.2 Å². The van der Waals surface area contributed by atoms with Gasteiger partial charge in [-0.25, -0.2) is 4.39 Å². The molecule has 2 rings (SSSR count). The van der Waals surface area contributed by atoms with E-state index in [1.807, 2.05) is 0 Å². The summed E-state index contributed by atoms with van der Waals surface area (Å²) in [6, 6.07) is 4.96. The van der Waals surface area contributed by atoms with Gasteiger partial charge in [-0.2, -0.15) is 0 Å². The lowest BCUT2D eigenvalue weighted by molar-refractivity contribution is 0.129. The Labute approximate surface area is 114 Å². The highest BCUT2D eigenvalue weighted by atomic mass is 35.5. The summed E-state index contributed by atoms with van der Waals surface area (Å²) in [6.45, 7) is 4.17. The topological polar surface area (TPSA) is 12.0 Å². The molecule has 1 aromatic rings. The Morgan fingerprint density at radius 1 is 1.39 bits per heavy atom. The van der Waals surface area contributed by atoms with E-state index in [0.29, 0.717) is 10.6 Å². The Morgan fingerprint density at radius 2 is 2.17 bits per heavy atom. The summed E-state index contributed by atoms with van der Waals surface area (Å²) in [6.07, 6.45) is 5.49. The highest BCUT2D eigenvalue weighted by molar-refractivity contribution is 6.31. The first kappa shape index (κ1) is 13.8. The van der Waals surface area contributed by atoms with Crippen LogP contribution in [-0.4, -0.2) is 13.1 Å². The maximum absolute atomic E-state index is 13.8.